The van der Waals surface area contributed by atoms with Gasteiger partial charge in [-0.05, 0) is 24.6 Å². The number of rotatable bonds is 1. The Morgan fingerprint density at radius 1 is 1.43 bits per heavy atom. The molecule has 14 heavy (non-hydrogen) atoms. The minimum absolute atomic E-state index is 0.0231. The van der Waals surface area contributed by atoms with Crippen molar-refractivity contribution in [1.82, 2.24) is 5.06 Å². The normalized spacial score (nSPS) is 19.4. The van der Waals surface area contributed by atoms with Gasteiger partial charge in [-0.2, -0.15) is 0 Å². The number of hydrogen-bond acceptors (Lipinski definition) is 3. The highest BCUT2D eigenvalue weighted by Gasteiger charge is 2.19. The van der Waals surface area contributed by atoms with E-state index in [0.717, 1.165) is 16.9 Å². The molecular formula is C11H13NO2. The first-order valence-electron chi connectivity index (χ1n) is 4.56. The van der Waals surface area contributed by atoms with Gasteiger partial charge in [-0.15, -0.1) is 0 Å². The van der Waals surface area contributed by atoms with Gasteiger partial charge in [0.2, 0.25) is 0 Å². The van der Waals surface area contributed by atoms with E-state index in [1.54, 1.807) is 13.3 Å². The average molecular weight is 191 g/mol. The zero-order valence-corrected chi connectivity index (χ0v) is 8.27. The van der Waals surface area contributed by atoms with Gasteiger partial charge < -0.3 is 4.74 Å². The fourth-order valence-corrected chi connectivity index (χ4v) is 1.70. The van der Waals surface area contributed by atoms with E-state index in [2.05, 4.69) is 0 Å². The second kappa shape index (κ2) is 3.35. The van der Waals surface area contributed by atoms with Gasteiger partial charge in [-0.25, -0.2) is 0 Å². The van der Waals surface area contributed by atoms with Crippen molar-refractivity contribution in [3.05, 3.63) is 35.5 Å². The van der Waals surface area contributed by atoms with Gasteiger partial charge in [-0.3, -0.25) is 10.3 Å². The highest BCUT2D eigenvalue weighted by atomic mass is 16.5. The Morgan fingerprint density at radius 3 is 2.93 bits per heavy atom. The Kier molecular flexibility index (Phi) is 2.17. The fraction of sp³-hybridized carbons (Fsp3) is 0.273. The Morgan fingerprint density at radius 2 is 2.21 bits per heavy atom. The van der Waals surface area contributed by atoms with Crippen molar-refractivity contribution in [2.24, 2.45) is 0 Å². The lowest BCUT2D eigenvalue weighted by Gasteiger charge is -2.27. The van der Waals surface area contributed by atoms with Crippen LogP contribution in [-0.4, -0.2) is 17.4 Å². The third-order valence-electron chi connectivity index (χ3n) is 2.56. The third-order valence-corrected chi connectivity index (χ3v) is 2.56. The second-order valence-electron chi connectivity index (χ2n) is 3.33. The first kappa shape index (κ1) is 9.09. The molecule has 74 valence electrons. The molecule has 1 atom stereocenters. The molecule has 1 N–H and O–H groups in total. The molecule has 0 spiro atoms. The van der Waals surface area contributed by atoms with E-state index in [0.29, 0.717) is 0 Å². The zero-order chi connectivity index (χ0) is 10.1. The molecule has 0 amide bonds. The van der Waals surface area contributed by atoms with Crippen molar-refractivity contribution in [3.8, 4) is 5.75 Å². The highest BCUT2D eigenvalue weighted by molar-refractivity contribution is 5.63. The van der Waals surface area contributed by atoms with Gasteiger partial charge in [0.25, 0.3) is 0 Å². The van der Waals surface area contributed by atoms with Crippen molar-refractivity contribution in [1.29, 1.82) is 0 Å². The van der Waals surface area contributed by atoms with Crippen LogP contribution in [0.3, 0.4) is 0 Å². The standard InChI is InChI=1S/C11H13NO2/c1-8-9-4-3-5-11(14-2)10(9)6-7-12(8)13/h3-8,13H,1-2H3. The van der Waals surface area contributed by atoms with Crippen molar-refractivity contribution in [3.63, 3.8) is 0 Å². The van der Waals surface area contributed by atoms with E-state index in [1.807, 2.05) is 31.2 Å². The van der Waals surface area contributed by atoms with E-state index in [-0.39, 0.29) is 6.04 Å². The predicted octanol–water partition coefficient (Wildman–Crippen LogP) is 2.43. The van der Waals surface area contributed by atoms with Crippen LogP contribution in [0, 0.1) is 0 Å². The van der Waals surface area contributed by atoms with E-state index in [9.17, 15) is 5.21 Å². The molecule has 1 aromatic carbocycles. The molecule has 1 aliphatic heterocycles. The number of hydrogen-bond donors (Lipinski definition) is 1. The Balaban J connectivity index is 2.55. The monoisotopic (exact) mass is 191 g/mol. The van der Waals surface area contributed by atoms with Gasteiger partial charge >= 0.3 is 0 Å². The molecule has 0 bridgehead atoms. The van der Waals surface area contributed by atoms with Gasteiger partial charge in [0.05, 0.1) is 13.2 Å². The second-order valence-corrected chi connectivity index (χ2v) is 3.33. The molecule has 0 radical (unpaired) electrons. The Labute approximate surface area is 83.2 Å². The molecule has 0 saturated carbocycles. The molecule has 1 unspecified atom stereocenters. The van der Waals surface area contributed by atoms with E-state index in [4.69, 9.17) is 4.74 Å². The first-order valence-corrected chi connectivity index (χ1v) is 4.56. The van der Waals surface area contributed by atoms with Crippen LogP contribution in [0.2, 0.25) is 0 Å². The lowest BCUT2D eigenvalue weighted by atomic mass is 9.98. The molecule has 3 heteroatoms. The summed E-state index contributed by atoms with van der Waals surface area (Å²) in [5.41, 5.74) is 2.13. The summed E-state index contributed by atoms with van der Waals surface area (Å²) in [6.07, 6.45) is 3.50. The number of benzene rings is 1. The summed E-state index contributed by atoms with van der Waals surface area (Å²) in [6, 6.07) is 5.82. The van der Waals surface area contributed by atoms with E-state index < -0.39 is 0 Å². The number of nitrogens with zero attached hydrogens (tertiary/aromatic N) is 1. The quantitative estimate of drug-likeness (QED) is 0.740. The van der Waals surface area contributed by atoms with Crippen molar-refractivity contribution >= 4 is 6.08 Å². The number of methoxy groups -OCH3 is 1. The summed E-state index contributed by atoms with van der Waals surface area (Å²) >= 11 is 0. The third kappa shape index (κ3) is 1.26. The first-order chi connectivity index (χ1) is 6.74. The van der Waals surface area contributed by atoms with E-state index >= 15 is 0 Å². The predicted molar refractivity (Wildman–Crippen MR) is 54.1 cm³/mol. The van der Waals surface area contributed by atoms with Crippen molar-refractivity contribution in [2.75, 3.05) is 7.11 Å². The van der Waals surface area contributed by atoms with Gasteiger partial charge in [0, 0.05) is 11.8 Å². The molecule has 0 aromatic heterocycles. The van der Waals surface area contributed by atoms with Gasteiger partial charge in [-0.1, -0.05) is 12.1 Å². The molecule has 0 saturated heterocycles. The Hall–Kier alpha value is -1.48. The number of hydroxylamine groups is 2. The highest BCUT2D eigenvalue weighted by Crippen LogP contribution is 2.33. The molecule has 1 heterocycles. The summed E-state index contributed by atoms with van der Waals surface area (Å²) in [6.45, 7) is 1.95. The zero-order valence-electron chi connectivity index (χ0n) is 8.27. The largest absolute Gasteiger partial charge is 0.496 e. The van der Waals surface area contributed by atoms with Crippen LogP contribution in [0.5, 0.6) is 5.75 Å². The molecule has 0 fully saturated rings. The summed E-state index contributed by atoms with van der Waals surface area (Å²) in [5, 5.41) is 10.7. The minimum atomic E-state index is -0.0231. The molecule has 2 rings (SSSR count). The van der Waals surface area contributed by atoms with Crippen LogP contribution in [0.4, 0.5) is 0 Å². The average Bonchev–Trinajstić information content (AvgIpc) is 2.23. The summed E-state index contributed by atoms with van der Waals surface area (Å²) in [5.74, 6) is 0.846. The maximum Gasteiger partial charge on any atom is 0.126 e. The topological polar surface area (TPSA) is 32.7 Å². The SMILES string of the molecule is COc1cccc2c1C=CN(O)C2C. The Bertz CT molecular complexity index is 374. The van der Waals surface area contributed by atoms with Crippen LogP contribution in [0.15, 0.2) is 24.4 Å². The number of ether oxygens (including phenoxy) is 1. The van der Waals surface area contributed by atoms with Gasteiger partial charge in [0.1, 0.15) is 5.75 Å². The minimum Gasteiger partial charge on any atom is -0.496 e. The van der Waals surface area contributed by atoms with Crippen LogP contribution in [0.1, 0.15) is 24.1 Å². The number of fused-ring (bicyclic) bond motifs is 1. The molecule has 3 nitrogen and oxygen atoms in total. The molecular weight excluding hydrogens is 178 g/mol. The van der Waals surface area contributed by atoms with Crippen molar-refractivity contribution < 1.29 is 9.94 Å². The maximum atomic E-state index is 9.49. The smallest absolute Gasteiger partial charge is 0.126 e. The molecule has 0 aliphatic carbocycles. The lowest BCUT2D eigenvalue weighted by Crippen LogP contribution is -2.20. The fourth-order valence-electron chi connectivity index (χ4n) is 1.70. The van der Waals surface area contributed by atoms with Gasteiger partial charge in [0.15, 0.2) is 0 Å². The van der Waals surface area contributed by atoms with E-state index in [1.165, 1.54) is 5.06 Å². The maximum absolute atomic E-state index is 9.49. The summed E-state index contributed by atoms with van der Waals surface area (Å²) < 4.78 is 5.24. The summed E-state index contributed by atoms with van der Waals surface area (Å²) in [4.78, 5) is 0. The van der Waals surface area contributed by atoms with Crippen LogP contribution in [-0.2, 0) is 0 Å². The van der Waals surface area contributed by atoms with Crippen LogP contribution in [0.25, 0.3) is 6.08 Å². The lowest BCUT2D eigenvalue weighted by molar-refractivity contribution is -0.0755. The van der Waals surface area contributed by atoms with Crippen LogP contribution < -0.4 is 4.74 Å². The molecule has 1 aliphatic rings. The van der Waals surface area contributed by atoms with Crippen LogP contribution >= 0.6 is 0 Å². The van der Waals surface area contributed by atoms with Crippen molar-refractivity contribution in [2.45, 2.75) is 13.0 Å². The summed E-state index contributed by atoms with van der Waals surface area (Å²) in [7, 11) is 1.65. The molecule has 1 aromatic rings.